The molecule has 0 saturated carbocycles. The summed E-state index contributed by atoms with van der Waals surface area (Å²) >= 11 is 0. The molecule has 0 bridgehead atoms. The zero-order valence-corrected chi connectivity index (χ0v) is 11.7. The molecule has 110 valence electrons. The molecular weight excluding hydrogens is 259 g/mol. The summed E-state index contributed by atoms with van der Waals surface area (Å²) in [4.78, 5) is 14.0. The summed E-state index contributed by atoms with van der Waals surface area (Å²) in [6.07, 6.45) is 2.09. The van der Waals surface area contributed by atoms with Crippen LogP contribution in [-0.4, -0.2) is 48.2 Å². The van der Waals surface area contributed by atoms with Gasteiger partial charge >= 0.3 is 0 Å². The van der Waals surface area contributed by atoms with Crippen molar-refractivity contribution in [3.63, 3.8) is 0 Å². The number of nitrogens with one attached hydrogen (secondary N) is 1. The smallest absolute Gasteiger partial charge is 0.256 e. The third-order valence-corrected chi connectivity index (χ3v) is 3.61. The Morgan fingerprint density at radius 3 is 3.00 bits per heavy atom. The Morgan fingerprint density at radius 1 is 1.55 bits per heavy atom. The molecule has 5 heteroatoms. The van der Waals surface area contributed by atoms with Crippen LogP contribution in [-0.2, 0) is 0 Å². The number of benzene rings is 1. The minimum absolute atomic E-state index is 0.0800. The van der Waals surface area contributed by atoms with E-state index in [9.17, 15) is 9.18 Å². The molecule has 4 nitrogen and oxygen atoms in total. The van der Waals surface area contributed by atoms with Gasteiger partial charge in [0, 0.05) is 19.1 Å². The van der Waals surface area contributed by atoms with Crippen LogP contribution in [0.4, 0.5) is 4.39 Å². The first-order valence-electron chi connectivity index (χ1n) is 7.01. The first-order chi connectivity index (χ1) is 9.61. The molecule has 0 radical (unpaired) electrons. The molecule has 0 aliphatic carbocycles. The van der Waals surface area contributed by atoms with Gasteiger partial charge in [-0.15, -0.1) is 0 Å². The number of carbonyl (C=O) groups is 1. The third-order valence-electron chi connectivity index (χ3n) is 3.61. The fourth-order valence-corrected chi connectivity index (χ4v) is 2.55. The van der Waals surface area contributed by atoms with Gasteiger partial charge in [-0.05, 0) is 38.4 Å². The van der Waals surface area contributed by atoms with Crippen LogP contribution < -0.4 is 5.32 Å². The van der Waals surface area contributed by atoms with Gasteiger partial charge in [-0.25, -0.2) is 4.39 Å². The maximum atomic E-state index is 13.8. The quantitative estimate of drug-likeness (QED) is 0.855. The van der Waals surface area contributed by atoms with E-state index < -0.39 is 5.82 Å². The van der Waals surface area contributed by atoms with E-state index in [1.165, 1.54) is 11.0 Å². The summed E-state index contributed by atoms with van der Waals surface area (Å²) in [5.74, 6) is -0.864. The highest BCUT2D eigenvalue weighted by atomic mass is 19.1. The highest BCUT2D eigenvalue weighted by Gasteiger charge is 2.23. The van der Waals surface area contributed by atoms with Crippen LogP contribution >= 0.6 is 0 Å². The second kappa shape index (κ2) is 6.81. The minimum Gasteiger partial charge on any atom is -0.395 e. The molecule has 2 rings (SSSR count). The zero-order chi connectivity index (χ0) is 14.5. The molecule has 1 aromatic rings. The fourth-order valence-electron chi connectivity index (χ4n) is 2.55. The maximum Gasteiger partial charge on any atom is 0.256 e. The van der Waals surface area contributed by atoms with Crippen molar-refractivity contribution in [2.24, 2.45) is 0 Å². The average molecular weight is 280 g/mol. The summed E-state index contributed by atoms with van der Waals surface area (Å²) in [6.45, 7) is 3.39. The predicted octanol–water partition coefficient (Wildman–Crippen LogP) is 1.32. The topological polar surface area (TPSA) is 52.6 Å². The Balaban J connectivity index is 2.14. The summed E-state index contributed by atoms with van der Waals surface area (Å²) in [7, 11) is 0. The summed E-state index contributed by atoms with van der Waals surface area (Å²) < 4.78 is 13.8. The van der Waals surface area contributed by atoms with Crippen LogP contribution in [0.2, 0.25) is 0 Å². The van der Waals surface area contributed by atoms with E-state index in [1.807, 2.05) is 6.92 Å². The number of aliphatic hydroxyl groups is 1. The van der Waals surface area contributed by atoms with E-state index >= 15 is 0 Å². The van der Waals surface area contributed by atoms with Gasteiger partial charge in [-0.3, -0.25) is 4.79 Å². The number of aryl methyl sites for hydroxylation is 1. The number of hydrogen-bond donors (Lipinski definition) is 2. The Labute approximate surface area is 118 Å². The number of rotatable bonds is 5. The lowest BCUT2D eigenvalue weighted by Gasteiger charge is -2.25. The molecule has 0 spiro atoms. The largest absolute Gasteiger partial charge is 0.395 e. The first kappa shape index (κ1) is 14.9. The maximum absolute atomic E-state index is 13.8. The Bertz CT molecular complexity index is 473. The van der Waals surface area contributed by atoms with Gasteiger partial charge in [0.15, 0.2) is 0 Å². The van der Waals surface area contributed by atoms with E-state index in [-0.39, 0.29) is 30.7 Å². The van der Waals surface area contributed by atoms with Gasteiger partial charge in [-0.1, -0.05) is 11.6 Å². The van der Waals surface area contributed by atoms with Gasteiger partial charge in [-0.2, -0.15) is 0 Å². The summed E-state index contributed by atoms with van der Waals surface area (Å²) in [5.41, 5.74) is 0.925. The normalized spacial score (nSPS) is 18.2. The van der Waals surface area contributed by atoms with Crippen molar-refractivity contribution in [3.05, 3.63) is 35.1 Å². The molecule has 20 heavy (non-hydrogen) atoms. The van der Waals surface area contributed by atoms with Crippen LogP contribution in [0.3, 0.4) is 0 Å². The van der Waals surface area contributed by atoms with Gasteiger partial charge in [0.25, 0.3) is 5.91 Å². The monoisotopic (exact) mass is 280 g/mol. The van der Waals surface area contributed by atoms with E-state index in [1.54, 1.807) is 12.1 Å². The molecule has 1 aliphatic heterocycles. The van der Waals surface area contributed by atoms with Crippen LogP contribution in [0.5, 0.6) is 0 Å². The molecule has 1 unspecified atom stereocenters. The molecule has 1 atom stereocenters. The van der Waals surface area contributed by atoms with Crippen molar-refractivity contribution in [1.82, 2.24) is 10.2 Å². The number of hydrogen-bond acceptors (Lipinski definition) is 3. The van der Waals surface area contributed by atoms with E-state index in [0.717, 1.165) is 24.9 Å². The number of aliphatic hydroxyl groups excluding tert-OH is 1. The average Bonchev–Trinajstić information content (AvgIpc) is 2.93. The summed E-state index contributed by atoms with van der Waals surface area (Å²) in [5, 5.41) is 12.4. The fraction of sp³-hybridized carbons (Fsp3) is 0.533. The van der Waals surface area contributed by atoms with E-state index in [2.05, 4.69) is 5.32 Å². The summed E-state index contributed by atoms with van der Waals surface area (Å²) in [6, 6.07) is 4.75. The molecule has 1 fully saturated rings. The Kier molecular flexibility index (Phi) is 5.09. The van der Waals surface area contributed by atoms with Crippen molar-refractivity contribution in [2.75, 3.05) is 26.2 Å². The van der Waals surface area contributed by atoms with E-state index in [4.69, 9.17) is 5.11 Å². The van der Waals surface area contributed by atoms with Crippen molar-refractivity contribution in [2.45, 2.75) is 25.8 Å². The van der Waals surface area contributed by atoms with Crippen LogP contribution in [0, 0.1) is 12.7 Å². The van der Waals surface area contributed by atoms with Crippen LogP contribution in [0.15, 0.2) is 18.2 Å². The lowest BCUT2D eigenvalue weighted by atomic mass is 10.1. The van der Waals surface area contributed by atoms with Gasteiger partial charge in [0.05, 0.1) is 12.2 Å². The Hall–Kier alpha value is -1.46. The molecule has 1 aromatic carbocycles. The standard InChI is InChI=1S/C15H21FN2O2/c1-11-4-5-14(16)13(9-11)15(20)18(7-8-19)10-12-3-2-6-17-12/h4-5,9,12,17,19H,2-3,6-8,10H2,1H3. The third kappa shape index (κ3) is 3.55. The van der Waals surface area contributed by atoms with E-state index in [0.29, 0.717) is 6.54 Å². The second-order valence-electron chi connectivity index (χ2n) is 5.25. The molecule has 0 aromatic heterocycles. The van der Waals surface area contributed by atoms with Gasteiger partial charge in [0.2, 0.25) is 0 Å². The molecule has 1 amide bonds. The molecular formula is C15H21FN2O2. The first-order valence-corrected chi connectivity index (χ1v) is 7.01. The van der Waals surface area contributed by atoms with Crippen LogP contribution in [0.1, 0.15) is 28.8 Å². The van der Waals surface area contributed by atoms with Crippen LogP contribution in [0.25, 0.3) is 0 Å². The number of amides is 1. The van der Waals surface area contributed by atoms with Crippen molar-refractivity contribution in [3.8, 4) is 0 Å². The Morgan fingerprint density at radius 2 is 2.35 bits per heavy atom. The lowest BCUT2D eigenvalue weighted by Crippen LogP contribution is -2.42. The second-order valence-corrected chi connectivity index (χ2v) is 5.25. The molecule has 2 N–H and O–H groups in total. The lowest BCUT2D eigenvalue weighted by molar-refractivity contribution is 0.0702. The van der Waals surface area contributed by atoms with Gasteiger partial charge < -0.3 is 15.3 Å². The van der Waals surface area contributed by atoms with Crippen molar-refractivity contribution in [1.29, 1.82) is 0 Å². The minimum atomic E-state index is -0.511. The highest BCUT2D eigenvalue weighted by Crippen LogP contribution is 2.15. The van der Waals surface area contributed by atoms with Crippen molar-refractivity contribution >= 4 is 5.91 Å². The van der Waals surface area contributed by atoms with Crippen molar-refractivity contribution < 1.29 is 14.3 Å². The van der Waals surface area contributed by atoms with Gasteiger partial charge in [0.1, 0.15) is 5.82 Å². The predicted molar refractivity (Wildman–Crippen MR) is 75.2 cm³/mol. The SMILES string of the molecule is Cc1ccc(F)c(C(=O)N(CCO)CC2CCCN2)c1. The molecule has 1 saturated heterocycles. The number of nitrogens with zero attached hydrogens (tertiary/aromatic N) is 1. The molecule has 1 aliphatic rings. The number of carbonyl (C=O) groups excluding carboxylic acids is 1. The molecule has 1 heterocycles. The number of halogens is 1. The highest BCUT2D eigenvalue weighted by molar-refractivity contribution is 5.94. The zero-order valence-electron chi connectivity index (χ0n) is 11.7.